The normalized spacial score (nSPS) is 10.9. The molecule has 2 N–H and O–H groups in total. The Morgan fingerprint density at radius 3 is 2.46 bits per heavy atom. The molecule has 0 heterocycles. The van der Waals surface area contributed by atoms with Crippen molar-refractivity contribution in [2.75, 3.05) is 7.11 Å². The van der Waals surface area contributed by atoms with Crippen LogP contribution in [-0.2, 0) is 4.79 Å². The fourth-order valence-electron chi connectivity index (χ4n) is 2.04. The summed E-state index contributed by atoms with van der Waals surface area (Å²) in [5, 5.41) is 8.48. The molecule has 0 atom stereocenters. The van der Waals surface area contributed by atoms with E-state index in [1.807, 2.05) is 18.2 Å². The number of hydrogen-bond acceptors (Lipinski definition) is 4. The quantitative estimate of drug-likeness (QED) is 0.371. The summed E-state index contributed by atoms with van der Waals surface area (Å²) >= 11 is 0. The highest BCUT2D eigenvalue weighted by molar-refractivity contribution is 6.06. The first-order valence-corrected chi connectivity index (χ1v) is 7.21. The van der Waals surface area contributed by atoms with Gasteiger partial charge in [0.05, 0.1) is 7.11 Å². The number of hydrogen-bond donors (Lipinski definition) is 2. The van der Waals surface area contributed by atoms with Crippen LogP contribution in [0.4, 0.5) is 0 Å². The molecule has 0 bridgehead atoms. The van der Waals surface area contributed by atoms with E-state index in [0.717, 1.165) is 5.56 Å². The number of ether oxygens (including phenoxy) is 1. The second kappa shape index (κ2) is 8.45. The van der Waals surface area contributed by atoms with E-state index in [2.05, 4.69) is 0 Å². The molecule has 2 rings (SSSR count). The van der Waals surface area contributed by atoms with Gasteiger partial charge in [-0.15, -0.1) is 0 Å². The number of hydroxylamine groups is 1. The molecule has 5 heteroatoms. The number of methoxy groups -OCH3 is 1. The van der Waals surface area contributed by atoms with Gasteiger partial charge in [-0.25, -0.2) is 5.48 Å². The van der Waals surface area contributed by atoms with Gasteiger partial charge in [0.15, 0.2) is 5.78 Å². The molecular formula is C19H17NO4. The summed E-state index contributed by atoms with van der Waals surface area (Å²) in [7, 11) is 1.52. The summed E-state index contributed by atoms with van der Waals surface area (Å²) in [6.45, 7) is 0. The van der Waals surface area contributed by atoms with Gasteiger partial charge in [0.25, 0.3) is 5.91 Å². The average molecular weight is 323 g/mol. The highest BCUT2D eigenvalue weighted by atomic mass is 16.5. The zero-order valence-electron chi connectivity index (χ0n) is 13.1. The van der Waals surface area contributed by atoms with Crippen molar-refractivity contribution >= 4 is 23.8 Å². The second-order valence-corrected chi connectivity index (χ2v) is 4.87. The van der Waals surface area contributed by atoms with E-state index in [1.165, 1.54) is 30.8 Å². The number of benzene rings is 2. The minimum Gasteiger partial charge on any atom is -0.496 e. The van der Waals surface area contributed by atoms with Crippen LogP contribution >= 0.6 is 0 Å². The fraction of sp³-hybridized carbons (Fsp3) is 0.0526. The summed E-state index contributed by atoms with van der Waals surface area (Å²) in [6.07, 6.45) is 5.91. The van der Waals surface area contributed by atoms with E-state index in [9.17, 15) is 9.59 Å². The average Bonchev–Trinajstić information content (AvgIpc) is 2.64. The Labute approximate surface area is 139 Å². The number of carbonyl (C=O) groups excluding carboxylic acids is 2. The standard InChI is InChI=1S/C19H17NO4/c1-24-18-13-14(7-9-16(18)10-12-19(22)20-23)8-11-17(21)15-5-3-2-4-6-15/h2-13,23H,1H3,(H,20,22). The summed E-state index contributed by atoms with van der Waals surface area (Å²) in [4.78, 5) is 23.1. The van der Waals surface area contributed by atoms with Crippen LogP contribution in [0.1, 0.15) is 21.5 Å². The lowest BCUT2D eigenvalue weighted by atomic mass is 10.1. The van der Waals surface area contributed by atoms with Crippen LogP contribution in [-0.4, -0.2) is 24.0 Å². The van der Waals surface area contributed by atoms with Gasteiger partial charge in [0.1, 0.15) is 5.75 Å². The van der Waals surface area contributed by atoms with Crippen LogP contribution < -0.4 is 10.2 Å². The van der Waals surface area contributed by atoms with Crippen LogP contribution in [0, 0.1) is 0 Å². The van der Waals surface area contributed by atoms with Crippen molar-refractivity contribution in [3.8, 4) is 5.75 Å². The van der Waals surface area contributed by atoms with E-state index in [1.54, 1.807) is 36.4 Å². The third-order valence-electron chi connectivity index (χ3n) is 3.27. The Hall–Kier alpha value is -3.18. The number of allylic oxidation sites excluding steroid dienone is 1. The van der Waals surface area contributed by atoms with Crippen molar-refractivity contribution < 1.29 is 19.5 Å². The van der Waals surface area contributed by atoms with Gasteiger partial charge >= 0.3 is 0 Å². The Morgan fingerprint density at radius 1 is 1.04 bits per heavy atom. The van der Waals surface area contributed by atoms with Gasteiger partial charge in [0.2, 0.25) is 0 Å². The van der Waals surface area contributed by atoms with Gasteiger partial charge in [-0.2, -0.15) is 0 Å². The number of carbonyl (C=O) groups is 2. The maximum atomic E-state index is 12.1. The molecule has 0 saturated carbocycles. The molecule has 0 aliphatic heterocycles. The van der Waals surface area contributed by atoms with Gasteiger partial charge in [0, 0.05) is 17.2 Å². The maximum Gasteiger partial charge on any atom is 0.267 e. The monoisotopic (exact) mass is 323 g/mol. The molecule has 0 saturated heterocycles. The largest absolute Gasteiger partial charge is 0.496 e. The molecule has 24 heavy (non-hydrogen) atoms. The zero-order valence-corrected chi connectivity index (χ0v) is 13.1. The molecule has 122 valence electrons. The molecule has 0 aliphatic rings. The van der Waals surface area contributed by atoms with Crippen LogP contribution in [0.25, 0.3) is 12.2 Å². The molecule has 0 radical (unpaired) electrons. The van der Waals surface area contributed by atoms with Crippen molar-refractivity contribution in [2.24, 2.45) is 0 Å². The van der Waals surface area contributed by atoms with Crippen LogP contribution in [0.2, 0.25) is 0 Å². The third kappa shape index (κ3) is 4.66. The van der Waals surface area contributed by atoms with Crippen molar-refractivity contribution in [3.63, 3.8) is 0 Å². The van der Waals surface area contributed by atoms with Crippen molar-refractivity contribution in [1.29, 1.82) is 0 Å². The first kappa shape index (κ1) is 17.2. The molecule has 0 unspecified atom stereocenters. The topological polar surface area (TPSA) is 75.6 Å². The molecule has 2 aromatic rings. The number of amides is 1. The Bertz CT molecular complexity index is 779. The number of rotatable bonds is 6. The minimum atomic E-state index is -0.630. The van der Waals surface area contributed by atoms with Gasteiger partial charge < -0.3 is 4.74 Å². The summed E-state index contributed by atoms with van der Waals surface area (Å²) in [5.74, 6) is -0.168. The third-order valence-corrected chi connectivity index (χ3v) is 3.27. The highest BCUT2D eigenvalue weighted by Gasteiger charge is 2.03. The van der Waals surface area contributed by atoms with E-state index >= 15 is 0 Å². The van der Waals surface area contributed by atoms with Crippen molar-refractivity contribution in [3.05, 3.63) is 77.4 Å². The minimum absolute atomic E-state index is 0.0850. The predicted molar refractivity (Wildman–Crippen MR) is 91.8 cm³/mol. The van der Waals surface area contributed by atoms with Crippen molar-refractivity contribution in [1.82, 2.24) is 5.48 Å². The van der Waals surface area contributed by atoms with E-state index in [-0.39, 0.29) is 5.78 Å². The Morgan fingerprint density at radius 2 is 1.79 bits per heavy atom. The van der Waals surface area contributed by atoms with Gasteiger partial charge in [-0.05, 0) is 23.8 Å². The second-order valence-electron chi connectivity index (χ2n) is 4.87. The SMILES string of the molecule is COc1cc(C=CC(=O)c2ccccc2)ccc1C=CC(=O)NO. The molecule has 0 aliphatic carbocycles. The molecule has 1 amide bonds. The summed E-state index contributed by atoms with van der Waals surface area (Å²) < 4.78 is 5.28. The Balaban J connectivity index is 2.17. The first-order valence-electron chi connectivity index (χ1n) is 7.21. The predicted octanol–water partition coefficient (Wildman–Crippen LogP) is 3.11. The van der Waals surface area contributed by atoms with Gasteiger partial charge in [-0.3, -0.25) is 14.8 Å². The fourth-order valence-corrected chi connectivity index (χ4v) is 2.04. The van der Waals surface area contributed by atoms with Gasteiger partial charge in [-0.1, -0.05) is 48.5 Å². The van der Waals surface area contributed by atoms with Crippen molar-refractivity contribution in [2.45, 2.75) is 0 Å². The molecular weight excluding hydrogens is 306 g/mol. The van der Waals surface area contributed by atoms with E-state index in [0.29, 0.717) is 16.9 Å². The lowest BCUT2D eigenvalue weighted by molar-refractivity contribution is -0.124. The number of ketones is 1. The molecule has 5 nitrogen and oxygen atoms in total. The van der Waals surface area contributed by atoms with Crippen LogP contribution in [0.15, 0.2) is 60.7 Å². The molecule has 0 aromatic heterocycles. The smallest absolute Gasteiger partial charge is 0.267 e. The molecule has 0 fully saturated rings. The zero-order chi connectivity index (χ0) is 17.4. The summed E-state index contributed by atoms with van der Waals surface area (Å²) in [5.41, 5.74) is 3.60. The maximum absolute atomic E-state index is 12.1. The lowest BCUT2D eigenvalue weighted by Gasteiger charge is -2.06. The summed E-state index contributed by atoms with van der Waals surface area (Å²) in [6, 6.07) is 14.3. The van der Waals surface area contributed by atoms with E-state index in [4.69, 9.17) is 9.94 Å². The van der Waals surface area contributed by atoms with E-state index < -0.39 is 5.91 Å². The molecule has 0 spiro atoms. The Kier molecular flexibility index (Phi) is 6.05. The van der Waals surface area contributed by atoms with Crippen LogP contribution in [0.5, 0.6) is 5.75 Å². The first-order chi connectivity index (χ1) is 11.6. The highest BCUT2D eigenvalue weighted by Crippen LogP contribution is 2.22. The number of nitrogens with one attached hydrogen (secondary N) is 1. The lowest BCUT2D eigenvalue weighted by Crippen LogP contribution is -2.14. The molecule has 2 aromatic carbocycles. The van der Waals surface area contributed by atoms with Crippen LogP contribution in [0.3, 0.4) is 0 Å².